The van der Waals surface area contributed by atoms with Crippen LogP contribution >= 0.6 is 11.3 Å². The molecule has 5 aromatic rings. The smallest absolute Gasteiger partial charge is 0.246 e. The molecule has 0 unspecified atom stereocenters. The van der Waals surface area contributed by atoms with Crippen LogP contribution in [0.2, 0.25) is 0 Å². The van der Waals surface area contributed by atoms with E-state index in [1.165, 1.54) is 30.6 Å². The number of aryl methyl sites for hydroxylation is 1. The van der Waals surface area contributed by atoms with E-state index in [4.69, 9.17) is 19.6 Å². The lowest BCUT2D eigenvalue weighted by Crippen LogP contribution is -2.39. The predicted octanol–water partition coefficient (Wildman–Crippen LogP) is 5.98. The van der Waals surface area contributed by atoms with Crippen molar-refractivity contribution in [3.8, 4) is 39.5 Å². The highest BCUT2D eigenvalue weighted by Crippen LogP contribution is 2.47. The lowest BCUT2D eigenvalue weighted by Gasteiger charge is -2.31. The number of aromatic nitrogens is 5. The predicted molar refractivity (Wildman–Crippen MR) is 160 cm³/mol. The number of benzene rings is 1. The van der Waals surface area contributed by atoms with E-state index in [0.717, 1.165) is 27.4 Å². The molecule has 1 aromatic carbocycles. The highest BCUT2D eigenvalue weighted by Gasteiger charge is 2.30. The molecule has 1 atom stereocenters. The molecule has 0 spiro atoms. The van der Waals surface area contributed by atoms with Crippen molar-refractivity contribution in [2.75, 3.05) is 26.9 Å². The third kappa shape index (κ3) is 5.28. The first-order valence-corrected chi connectivity index (χ1v) is 14.5. The maximum Gasteiger partial charge on any atom is 0.246 e. The van der Waals surface area contributed by atoms with Gasteiger partial charge in [0.2, 0.25) is 5.91 Å². The van der Waals surface area contributed by atoms with Crippen molar-refractivity contribution in [2.45, 2.75) is 26.4 Å². The van der Waals surface area contributed by atoms with Crippen molar-refractivity contribution >= 4 is 27.3 Å². The second-order valence-corrected chi connectivity index (χ2v) is 11.2. The minimum absolute atomic E-state index is 0.0292. The molecule has 6 rings (SSSR count). The zero-order chi connectivity index (χ0) is 30.2. The standard InChI is InChI=1S/C31H28F2N6O3S/c1-5-26(40)38-15-18(3)39-21(16-38)13-24(37-39)30-28(27-23(33)11-20(32)12-25(27)42-8-7-41-4)31-22(6-9-43-31)29(35-30)19-10-17(2)36-34-14-19/h5-6,9-14,18H,1,7-8,15-16H2,2-4H3/t18-/m0/s1. The lowest BCUT2D eigenvalue weighted by atomic mass is 9.96. The summed E-state index contributed by atoms with van der Waals surface area (Å²) in [4.78, 5) is 19.3. The van der Waals surface area contributed by atoms with Crippen molar-refractivity contribution in [2.24, 2.45) is 0 Å². The number of methoxy groups -OCH3 is 1. The Morgan fingerprint density at radius 2 is 2.02 bits per heavy atom. The summed E-state index contributed by atoms with van der Waals surface area (Å²) in [6.07, 6.45) is 2.93. The summed E-state index contributed by atoms with van der Waals surface area (Å²) in [5.41, 5.74) is 4.24. The first-order chi connectivity index (χ1) is 20.8. The van der Waals surface area contributed by atoms with Crippen LogP contribution in [0.5, 0.6) is 5.75 Å². The zero-order valence-corrected chi connectivity index (χ0v) is 24.6. The van der Waals surface area contributed by atoms with E-state index in [1.807, 2.05) is 42.1 Å². The number of fused-ring (bicyclic) bond motifs is 2. The Kier molecular flexibility index (Phi) is 7.72. The minimum atomic E-state index is -0.792. The third-order valence-electron chi connectivity index (χ3n) is 7.27. The summed E-state index contributed by atoms with van der Waals surface area (Å²) in [5, 5.41) is 15.8. The van der Waals surface area contributed by atoms with Gasteiger partial charge in [0.25, 0.3) is 0 Å². The molecular formula is C31H28F2N6O3S. The first kappa shape index (κ1) is 28.6. The van der Waals surface area contributed by atoms with Gasteiger partial charge in [-0.2, -0.15) is 15.3 Å². The highest BCUT2D eigenvalue weighted by molar-refractivity contribution is 7.18. The Bertz CT molecular complexity index is 1870. The molecule has 0 bridgehead atoms. The van der Waals surface area contributed by atoms with Gasteiger partial charge in [-0.3, -0.25) is 9.48 Å². The molecule has 1 amide bonds. The van der Waals surface area contributed by atoms with Crippen LogP contribution in [0.1, 0.15) is 24.4 Å². The number of nitrogens with zero attached hydrogens (tertiary/aromatic N) is 6. The quantitative estimate of drug-likeness (QED) is 0.159. The van der Waals surface area contributed by atoms with Gasteiger partial charge in [-0.15, -0.1) is 11.3 Å². The summed E-state index contributed by atoms with van der Waals surface area (Å²) in [6, 6.07) is 7.53. The maximum absolute atomic E-state index is 15.9. The largest absolute Gasteiger partial charge is 0.490 e. The van der Waals surface area contributed by atoms with Gasteiger partial charge in [0.1, 0.15) is 35.4 Å². The van der Waals surface area contributed by atoms with Crippen molar-refractivity contribution in [1.29, 1.82) is 0 Å². The van der Waals surface area contributed by atoms with Crippen molar-refractivity contribution in [3.63, 3.8) is 0 Å². The number of carbonyl (C=O) groups excluding carboxylic acids is 1. The van der Waals surface area contributed by atoms with Crippen LogP contribution in [0, 0.1) is 18.6 Å². The van der Waals surface area contributed by atoms with Gasteiger partial charge in [0.15, 0.2) is 0 Å². The van der Waals surface area contributed by atoms with Crippen LogP contribution in [0.3, 0.4) is 0 Å². The second kappa shape index (κ2) is 11.6. The zero-order valence-electron chi connectivity index (χ0n) is 23.8. The average molecular weight is 603 g/mol. The third-order valence-corrected chi connectivity index (χ3v) is 8.20. The summed E-state index contributed by atoms with van der Waals surface area (Å²) >= 11 is 1.41. The van der Waals surface area contributed by atoms with E-state index in [9.17, 15) is 9.18 Å². The Hall–Kier alpha value is -4.55. The van der Waals surface area contributed by atoms with Gasteiger partial charge in [-0.1, -0.05) is 6.58 Å². The molecule has 0 saturated heterocycles. The second-order valence-electron chi connectivity index (χ2n) is 10.3. The first-order valence-electron chi connectivity index (χ1n) is 13.6. The Morgan fingerprint density at radius 1 is 1.19 bits per heavy atom. The fourth-order valence-electron chi connectivity index (χ4n) is 5.41. The topological polar surface area (TPSA) is 95.3 Å². The molecule has 0 aliphatic carbocycles. The molecule has 43 heavy (non-hydrogen) atoms. The molecule has 12 heteroatoms. The molecule has 5 heterocycles. The summed E-state index contributed by atoms with van der Waals surface area (Å²) in [5.74, 6) is -1.70. The normalized spacial score (nSPS) is 14.6. The average Bonchev–Trinajstić information content (AvgIpc) is 3.64. The summed E-state index contributed by atoms with van der Waals surface area (Å²) in [6.45, 7) is 8.54. The van der Waals surface area contributed by atoms with Crippen LogP contribution in [0.15, 0.2) is 54.6 Å². The number of pyridine rings is 1. The van der Waals surface area contributed by atoms with Crippen molar-refractivity contribution in [1.82, 2.24) is 29.9 Å². The molecule has 0 N–H and O–H groups in total. The van der Waals surface area contributed by atoms with E-state index in [-0.39, 0.29) is 36.5 Å². The van der Waals surface area contributed by atoms with Gasteiger partial charge < -0.3 is 14.4 Å². The summed E-state index contributed by atoms with van der Waals surface area (Å²) < 4.78 is 44.0. The van der Waals surface area contributed by atoms with Crippen LogP contribution in [-0.2, 0) is 16.1 Å². The van der Waals surface area contributed by atoms with Gasteiger partial charge >= 0.3 is 0 Å². The van der Waals surface area contributed by atoms with Crippen LogP contribution in [-0.4, -0.2) is 62.6 Å². The number of halogens is 2. The summed E-state index contributed by atoms with van der Waals surface area (Å²) in [7, 11) is 1.52. The van der Waals surface area contributed by atoms with Crippen LogP contribution in [0.4, 0.5) is 8.78 Å². The number of ether oxygens (including phenoxy) is 2. The lowest BCUT2D eigenvalue weighted by molar-refractivity contribution is -0.127. The maximum atomic E-state index is 15.9. The Labute approximate surface area is 250 Å². The molecule has 1 aliphatic rings. The van der Waals surface area contributed by atoms with Crippen LogP contribution < -0.4 is 4.74 Å². The number of hydrogen-bond donors (Lipinski definition) is 0. The molecule has 0 saturated carbocycles. The fourth-order valence-corrected chi connectivity index (χ4v) is 6.36. The molecule has 0 radical (unpaired) electrons. The molecular weight excluding hydrogens is 574 g/mol. The molecule has 1 aliphatic heterocycles. The van der Waals surface area contributed by atoms with Crippen LogP contribution in [0.25, 0.3) is 43.9 Å². The van der Waals surface area contributed by atoms with Crippen molar-refractivity contribution in [3.05, 3.63) is 77.6 Å². The van der Waals surface area contributed by atoms with E-state index in [1.54, 1.807) is 11.1 Å². The van der Waals surface area contributed by atoms with Gasteiger partial charge in [0, 0.05) is 47.0 Å². The Balaban J connectivity index is 1.64. The molecule has 4 aromatic heterocycles. The highest BCUT2D eigenvalue weighted by atomic mass is 32.1. The van der Waals surface area contributed by atoms with E-state index >= 15 is 4.39 Å². The number of hydrogen-bond acceptors (Lipinski definition) is 8. The van der Waals surface area contributed by atoms with E-state index < -0.39 is 11.6 Å². The molecule has 0 fully saturated rings. The van der Waals surface area contributed by atoms with Gasteiger partial charge in [0.05, 0.1) is 48.0 Å². The number of thiophene rings is 1. The van der Waals surface area contributed by atoms with E-state index in [0.29, 0.717) is 41.4 Å². The van der Waals surface area contributed by atoms with Crippen molar-refractivity contribution < 1.29 is 23.0 Å². The number of carbonyl (C=O) groups is 1. The fraction of sp³-hybridized carbons (Fsp3) is 0.258. The van der Waals surface area contributed by atoms with Gasteiger partial charge in [-0.25, -0.2) is 13.8 Å². The van der Waals surface area contributed by atoms with E-state index in [2.05, 4.69) is 16.8 Å². The number of rotatable bonds is 8. The monoisotopic (exact) mass is 602 g/mol. The number of amides is 1. The van der Waals surface area contributed by atoms with Gasteiger partial charge in [-0.05, 0) is 43.5 Å². The molecule has 220 valence electrons. The molecule has 9 nitrogen and oxygen atoms in total. The SMILES string of the molecule is C=CC(=O)N1Cc2cc(-c3nc(-c4cnnc(C)c4)c4ccsc4c3-c3c(F)cc(F)cc3OCCOC)nn2[C@@H](C)C1. The Morgan fingerprint density at radius 3 is 2.79 bits per heavy atom. The minimum Gasteiger partial charge on any atom is -0.490 e.